The number of ether oxygens (including phenoxy) is 1. The van der Waals surface area contributed by atoms with E-state index in [4.69, 9.17) is 10.5 Å². The van der Waals surface area contributed by atoms with Crippen LogP contribution in [0.1, 0.15) is 22.8 Å². The Labute approximate surface area is 91.2 Å². The van der Waals surface area contributed by atoms with Crippen molar-refractivity contribution in [3.05, 3.63) is 11.1 Å². The number of hydrogen-bond donors (Lipinski definition) is 2. The van der Waals surface area contributed by atoms with Gasteiger partial charge in [0.05, 0.1) is 12.2 Å². The predicted octanol–water partition coefficient (Wildman–Crippen LogP) is 1.38. The molecule has 1 aromatic heterocycles. The monoisotopic (exact) mass is 228 g/mol. The highest BCUT2D eigenvalue weighted by molar-refractivity contribution is 7.20. The van der Waals surface area contributed by atoms with E-state index in [2.05, 4.69) is 5.32 Å². The zero-order valence-electron chi connectivity index (χ0n) is 8.49. The van der Waals surface area contributed by atoms with E-state index in [9.17, 15) is 9.59 Å². The van der Waals surface area contributed by atoms with E-state index >= 15 is 0 Å². The number of thiophene rings is 1. The van der Waals surface area contributed by atoms with Crippen LogP contribution in [0.25, 0.3) is 0 Å². The van der Waals surface area contributed by atoms with Crippen molar-refractivity contribution in [2.24, 2.45) is 0 Å². The molecule has 1 aromatic rings. The molecular weight excluding hydrogens is 216 g/mol. The lowest BCUT2D eigenvalue weighted by atomic mass is 10.2. The molecule has 82 valence electrons. The topological polar surface area (TPSA) is 81.4 Å². The first-order chi connectivity index (χ1) is 7.11. The minimum atomic E-state index is -0.456. The summed E-state index contributed by atoms with van der Waals surface area (Å²) in [4.78, 5) is 21.8. The van der Waals surface area contributed by atoms with Crippen molar-refractivity contribution < 1.29 is 14.3 Å². The molecule has 1 rings (SSSR count). The van der Waals surface area contributed by atoms with Gasteiger partial charge >= 0.3 is 5.97 Å². The largest absolute Gasteiger partial charge is 0.462 e. The summed E-state index contributed by atoms with van der Waals surface area (Å²) in [7, 11) is 0. The number of esters is 1. The second-order valence-corrected chi connectivity index (χ2v) is 3.83. The minimum Gasteiger partial charge on any atom is -0.462 e. The summed E-state index contributed by atoms with van der Waals surface area (Å²) in [6.45, 7) is 3.73. The van der Waals surface area contributed by atoms with Gasteiger partial charge in [-0.05, 0) is 13.8 Å². The lowest BCUT2D eigenvalue weighted by molar-refractivity contribution is -0.105. The van der Waals surface area contributed by atoms with Gasteiger partial charge in [0.1, 0.15) is 10.0 Å². The summed E-state index contributed by atoms with van der Waals surface area (Å²) in [5, 5.41) is 3.42. The third-order valence-electron chi connectivity index (χ3n) is 1.84. The fourth-order valence-corrected chi connectivity index (χ4v) is 2.10. The molecule has 0 radical (unpaired) electrons. The van der Waals surface area contributed by atoms with Gasteiger partial charge in [-0.3, -0.25) is 4.79 Å². The van der Waals surface area contributed by atoms with Crippen LogP contribution in [0.5, 0.6) is 0 Å². The average Bonchev–Trinajstić information content (AvgIpc) is 2.43. The second-order valence-electron chi connectivity index (χ2n) is 2.78. The smallest absolute Gasteiger partial charge is 0.341 e. The van der Waals surface area contributed by atoms with E-state index in [0.717, 1.165) is 11.3 Å². The van der Waals surface area contributed by atoms with E-state index in [-0.39, 0.29) is 0 Å². The molecule has 5 nitrogen and oxygen atoms in total. The highest BCUT2D eigenvalue weighted by Crippen LogP contribution is 2.34. The van der Waals surface area contributed by atoms with Crippen LogP contribution in [-0.2, 0) is 9.53 Å². The van der Waals surface area contributed by atoms with Gasteiger partial charge in [-0.2, -0.15) is 0 Å². The summed E-state index contributed by atoms with van der Waals surface area (Å²) in [6, 6.07) is 0. The van der Waals surface area contributed by atoms with Crippen molar-refractivity contribution in [3.63, 3.8) is 0 Å². The maximum atomic E-state index is 11.5. The first-order valence-corrected chi connectivity index (χ1v) is 5.19. The minimum absolute atomic E-state index is 0.296. The molecule has 0 saturated heterocycles. The van der Waals surface area contributed by atoms with Crippen molar-refractivity contribution in [1.29, 1.82) is 0 Å². The van der Waals surface area contributed by atoms with Crippen LogP contribution in [0.3, 0.4) is 0 Å². The molecule has 0 bridgehead atoms. The SMILES string of the molecule is CCOC(=O)c1c(N)sc(NC=O)c1C. The van der Waals surface area contributed by atoms with Gasteiger partial charge in [-0.25, -0.2) is 4.79 Å². The quantitative estimate of drug-likeness (QED) is 0.602. The van der Waals surface area contributed by atoms with Gasteiger partial charge in [0.25, 0.3) is 0 Å². The standard InChI is InChI=1S/C9H12N2O3S/c1-3-14-9(13)6-5(2)8(11-4-12)15-7(6)10/h4H,3,10H2,1-2H3,(H,11,12). The summed E-state index contributed by atoms with van der Waals surface area (Å²) < 4.78 is 4.85. The van der Waals surface area contributed by atoms with Crippen LogP contribution in [0.2, 0.25) is 0 Å². The van der Waals surface area contributed by atoms with E-state index in [1.54, 1.807) is 13.8 Å². The Morgan fingerprint density at radius 2 is 2.33 bits per heavy atom. The fraction of sp³-hybridized carbons (Fsp3) is 0.333. The zero-order chi connectivity index (χ0) is 11.4. The van der Waals surface area contributed by atoms with Crippen LogP contribution in [0.15, 0.2) is 0 Å². The van der Waals surface area contributed by atoms with Crippen LogP contribution in [-0.4, -0.2) is 19.0 Å². The molecule has 1 heterocycles. The molecule has 0 aliphatic rings. The van der Waals surface area contributed by atoms with Crippen molar-refractivity contribution in [3.8, 4) is 0 Å². The molecule has 0 saturated carbocycles. The van der Waals surface area contributed by atoms with Crippen molar-refractivity contribution in [1.82, 2.24) is 0 Å². The number of nitrogens with one attached hydrogen (secondary N) is 1. The third-order valence-corrected chi connectivity index (χ3v) is 2.90. The normalized spacial score (nSPS) is 9.73. The number of carbonyl (C=O) groups is 2. The summed E-state index contributed by atoms with van der Waals surface area (Å²) in [5.74, 6) is -0.456. The number of amides is 1. The van der Waals surface area contributed by atoms with Gasteiger partial charge < -0.3 is 15.8 Å². The van der Waals surface area contributed by atoms with Gasteiger partial charge in [-0.15, -0.1) is 0 Å². The number of rotatable bonds is 4. The number of nitrogens with two attached hydrogens (primary N) is 1. The third kappa shape index (κ3) is 2.27. The second kappa shape index (κ2) is 4.79. The Hall–Kier alpha value is -1.56. The first-order valence-electron chi connectivity index (χ1n) is 4.38. The molecule has 0 spiro atoms. The Kier molecular flexibility index (Phi) is 3.68. The van der Waals surface area contributed by atoms with Crippen LogP contribution in [0, 0.1) is 6.92 Å². The molecule has 0 fully saturated rings. The molecule has 0 unspecified atom stereocenters. The molecule has 0 atom stereocenters. The van der Waals surface area contributed by atoms with Crippen LogP contribution < -0.4 is 11.1 Å². The summed E-state index contributed by atoms with van der Waals surface area (Å²) in [6.07, 6.45) is 0.549. The van der Waals surface area contributed by atoms with Crippen molar-refractivity contribution in [2.75, 3.05) is 17.7 Å². The van der Waals surface area contributed by atoms with Gasteiger partial charge in [0, 0.05) is 5.56 Å². The first kappa shape index (κ1) is 11.5. The predicted molar refractivity (Wildman–Crippen MR) is 59.1 cm³/mol. The molecule has 1 amide bonds. The molecule has 0 aliphatic heterocycles. The Bertz CT molecular complexity index is 387. The van der Waals surface area contributed by atoms with E-state index in [1.807, 2.05) is 0 Å². The fourth-order valence-electron chi connectivity index (χ4n) is 1.18. The van der Waals surface area contributed by atoms with E-state index in [1.165, 1.54) is 0 Å². The van der Waals surface area contributed by atoms with Crippen LogP contribution >= 0.6 is 11.3 Å². The highest BCUT2D eigenvalue weighted by Gasteiger charge is 2.20. The van der Waals surface area contributed by atoms with Crippen molar-refractivity contribution in [2.45, 2.75) is 13.8 Å². The van der Waals surface area contributed by atoms with Gasteiger partial charge in [0.2, 0.25) is 6.41 Å². The van der Waals surface area contributed by atoms with Crippen LogP contribution in [0.4, 0.5) is 10.0 Å². The molecule has 3 N–H and O–H groups in total. The Morgan fingerprint density at radius 1 is 1.67 bits per heavy atom. The summed E-state index contributed by atoms with van der Waals surface area (Å²) >= 11 is 1.15. The molecule has 0 aromatic carbocycles. The molecule has 0 aliphatic carbocycles. The lowest BCUT2D eigenvalue weighted by Crippen LogP contribution is -2.07. The Morgan fingerprint density at radius 3 is 2.87 bits per heavy atom. The zero-order valence-corrected chi connectivity index (χ0v) is 9.31. The van der Waals surface area contributed by atoms with Gasteiger partial charge in [-0.1, -0.05) is 11.3 Å². The summed E-state index contributed by atoms with van der Waals surface area (Å²) in [5.41, 5.74) is 6.65. The lowest BCUT2D eigenvalue weighted by Gasteiger charge is -2.02. The molecule has 6 heteroatoms. The highest BCUT2D eigenvalue weighted by atomic mass is 32.1. The maximum Gasteiger partial charge on any atom is 0.341 e. The number of carbonyl (C=O) groups excluding carboxylic acids is 2. The molecule has 15 heavy (non-hydrogen) atoms. The van der Waals surface area contributed by atoms with Crippen molar-refractivity contribution >= 4 is 33.7 Å². The number of hydrogen-bond acceptors (Lipinski definition) is 5. The number of nitrogen functional groups attached to an aromatic ring is 1. The van der Waals surface area contributed by atoms with E-state index < -0.39 is 5.97 Å². The average molecular weight is 228 g/mol. The molecular formula is C9H12N2O3S. The maximum absolute atomic E-state index is 11.5. The Balaban J connectivity index is 3.07. The van der Waals surface area contributed by atoms with E-state index in [0.29, 0.717) is 34.1 Å². The number of anilines is 2. The van der Waals surface area contributed by atoms with Gasteiger partial charge in [0.15, 0.2) is 0 Å².